The Kier molecular flexibility index (Phi) is 7.50. The maximum Gasteiger partial charge on any atom is 0.418 e. The molecule has 0 atom stereocenters. The van der Waals surface area contributed by atoms with Crippen LogP contribution in [0, 0.1) is 0 Å². The van der Waals surface area contributed by atoms with Crippen LogP contribution in [0.1, 0.15) is 28.8 Å². The van der Waals surface area contributed by atoms with Gasteiger partial charge in [-0.3, -0.25) is 9.59 Å². The van der Waals surface area contributed by atoms with Crippen LogP contribution in [0.25, 0.3) is 0 Å². The average molecular weight is 428 g/mol. The van der Waals surface area contributed by atoms with Crippen LogP contribution in [-0.2, 0) is 11.0 Å². The summed E-state index contributed by atoms with van der Waals surface area (Å²) in [7, 11) is 3.26. The number of hydrogen-bond acceptors (Lipinski definition) is 3. The van der Waals surface area contributed by atoms with Crippen LogP contribution < -0.4 is 15.5 Å². The zero-order chi connectivity index (χ0) is 21.6. The molecule has 0 aliphatic carbocycles. The second-order valence-electron chi connectivity index (χ2n) is 6.54. The minimum absolute atomic E-state index is 0.0341. The van der Waals surface area contributed by atoms with Gasteiger partial charge in [0.05, 0.1) is 11.3 Å². The van der Waals surface area contributed by atoms with E-state index >= 15 is 0 Å². The van der Waals surface area contributed by atoms with Crippen LogP contribution >= 0.6 is 11.6 Å². The SMILES string of the molecule is CN(C)c1ccc(NC(=O)CCCNC(=O)c2ccc(Cl)cc2)c(C(F)(F)F)c1. The van der Waals surface area contributed by atoms with Crippen molar-refractivity contribution in [3.63, 3.8) is 0 Å². The standard InChI is InChI=1S/C20H21ClF3N3O2/c1-27(2)15-9-10-17(16(12-15)20(22,23)24)26-18(28)4-3-11-25-19(29)13-5-7-14(21)8-6-13/h5-10,12H,3-4,11H2,1-2H3,(H,25,29)(H,26,28). The third kappa shape index (κ3) is 6.67. The molecule has 0 aliphatic heterocycles. The Morgan fingerprint density at radius 1 is 1.07 bits per heavy atom. The maximum atomic E-state index is 13.3. The summed E-state index contributed by atoms with van der Waals surface area (Å²) in [5.74, 6) is -0.880. The monoisotopic (exact) mass is 427 g/mol. The summed E-state index contributed by atoms with van der Waals surface area (Å²) in [5, 5.41) is 5.46. The summed E-state index contributed by atoms with van der Waals surface area (Å²) in [6.45, 7) is 0.209. The molecule has 2 N–H and O–H groups in total. The van der Waals surface area contributed by atoms with Gasteiger partial charge in [0, 0.05) is 43.3 Å². The molecule has 0 unspecified atom stereocenters. The minimum atomic E-state index is -4.60. The van der Waals surface area contributed by atoms with Gasteiger partial charge in [0.15, 0.2) is 0 Å². The summed E-state index contributed by atoms with van der Waals surface area (Å²) in [5.41, 5.74) is -0.402. The van der Waals surface area contributed by atoms with E-state index in [2.05, 4.69) is 10.6 Å². The van der Waals surface area contributed by atoms with Crippen molar-refractivity contribution in [1.29, 1.82) is 0 Å². The molecular formula is C20H21ClF3N3O2. The first-order valence-electron chi connectivity index (χ1n) is 8.80. The van der Waals surface area contributed by atoms with E-state index in [0.717, 1.165) is 6.07 Å². The molecule has 156 valence electrons. The summed E-state index contributed by atoms with van der Waals surface area (Å²) in [6.07, 6.45) is -4.35. The Labute approximate surface area is 171 Å². The topological polar surface area (TPSA) is 61.4 Å². The molecule has 9 heteroatoms. The molecule has 2 aromatic carbocycles. The summed E-state index contributed by atoms with van der Waals surface area (Å²) in [6, 6.07) is 10.0. The Morgan fingerprint density at radius 2 is 1.72 bits per heavy atom. The molecule has 0 saturated heterocycles. The van der Waals surface area contributed by atoms with Gasteiger partial charge in [-0.1, -0.05) is 11.6 Å². The Hall–Kier alpha value is -2.74. The van der Waals surface area contributed by atoms with Crippen molar-refractivity contribution in [3.05, 3.63) is 58.6 Å². The van der Waals surface area contributed by atoms with Gasteiger partial charge in [-0.2, -0.15) is 13.2 Å². The van der Waals surface area contributed by atoms with E-state index in [-0.39, 0.29) is 31.0 Å². The number of carbonyl (C=O) groups excluding carboxylic acids is 2. The van der Waals surface area contributed by atoms with Gasteiger partial charge in [0.2, 0.25) is 5.91 Å². The maximum absolute atomic E-state index is 13.3. The quantitative estimate of drug-likeness (QED) is 0.636. The second-order valence-corrected chi connectivity index (χ2v) is 6.97. The smallest absolute Gasteiger partial charge is 0.378 e. The van der Waals surface area contributed by atoms with Gasteiger partial charge < -0.3 is 15.5 Å². The van der Waals surface area contributed by atoms with Crippen molar-refractivity contribution >= 4 is 34.8 Å². The van der Waals surface area contributed by atoms with Crippen LogP contribution in [0.5, 0.6) is 0 Å². The molecule has 2 rings (SSSR count). The van der Waals surface area contributed by atoms with Crippen molar-refractivity contribution in [1.82, 2.24) is 5.32 Å². The van der Waals surface area contributed by atoms with E-state index < -0.39 is 17.6 Å². The lowest BCUT2D eigenvalue weighted by Crippen LogP contribution is -2.25. The molecule has 0 spiro atoms. The van der Waals surface area contributed by atoms with Gasteiger partial charge in [-0.25, -0.2) is 0 Å². The fourth-order valence-corrected chi connectivity index (χ4v) is 2.65. The van der Waals surface area contributed by atoms with Crippen LogP contribution in [-0.4, -0.2) is 32.5 Å². The highest BCUT2D eigenvalue weighted by molar-refractivity contribution is 6.30. The number of halogens is 4. The third-order valence-corrected chi connectivity index (χ3v) is 4.32. The largest absolute Gasteiger partial charge is 0.418 e. The molecule has 2 amide bonds. The molecule has 0 bridgehead atoms. The van der Waals surface area contributed by atoms with E-state index in [4.69, 9.17) is 11.6 Å². The Bertz CT molecular complexity index is 868. The Morgan fingerprint density at radius 3 is 2.31 bits per heavy atom. The van der Waals surface area contributed by atoms with Crippen LogP contribution in [0.3, 0.4) is 0 Å². The number of nitrogens with one attached hydrogen (secondary N) is 2. The summed E-state index contributed by atoms with van der Waals surface area (Å²) >= 11 is 5.76. The van der Waals surface area contributed by atoms with E-state index in [0.29, 0.717) is 16.3 Å². The number of carbonyl (C=O) groups is 2. The number of hydrogen-bond donors (Lipinski definition) is 2. The van der Waals surface area contributed by atoms with E-state index in [1.807, 2.05) is 0 Å². The van der Waals surface area contributed by atoms with Crippen molar-refractivity contribution in [2.45, 2.75) is 19.0 Å². The van der Waals surface area contributed by atoms with Crippen LogP contribution in [0.15, 0.2) is 42.5 Å². The molecule has 0 saturated carbocycles. The number of alkyl halides is 3. The molecular weight excluding hydrogens is 407 g/mol. The minimum Gasteiger partial charge on any atom is -0.378 e. The van der Waals surface area contributed by atoms with Crippen LogP contribution in [0.4, 0.5) is 24.5 Å². The molecule has 29 heavy (non-hydrogen) atoms. The zero-order valence-electron chi connectivity index (χ0n) is 15.9. The number of rotatable bonds is 7. The van der Waals surface area contributed by atoms with Crippen LogP contribution in [0.2, 0.25) is 5.02 Å². The molecule has 0 aliphatic rings. The second kappa shape index (κ2) is 9.65. The number of anilines is 2. The average Bonchev–Trinajstić information content (AvgIpc) is 2.65. The van der Waals surface area contributed by atoms with E-state index in [9.17, 15) is 22.8 Å². The zero-order valence-corrected chi connectivity index (χ0v) is 16.7. The van der Waals surface area contributed by atoms with Crippen molar-refractivity contribution < 1.29 is 22.8 Å². The first-order valence-corrected chi connectivity index (χ1v) is 9.18. The summed E-state index contributed by atoms with van der Waals surface area (Å²) in [4.78, 5) is 25.5. The number of benzene rings is 2. The van der Waals surface area contributed by atoms with E-state index in [1.165, 1.54) is 12.1 Å². The highest BCUT2D eigenvalue weighted by Gasteiger charge is 2.34. The van der Waals surface area contributed by atoms with Crippen molar-refractivity contribution in [2.75, 3.05) is 30.9 Å². The molecule has 0 radical (unpaired) electrons. The molecule has 0 aromatic heterocycles. The lowest BCUT2D eigenvalue weighted by atomic mass is 10.1. The van der Waals surface area contributed by atoms with Gasteiger partial charge in [-0.15, -0.1) is 0 Å². The number of nitrogens with zero attached hydrogens (tertiary/aromatic N) is 1. The van der Waals surface area contributed by atoms with Gasteiger partial charge in [0.1, 0.15) is 0 Å². The molecule has 0 heterocycles. The predicted octanol–water partition coefficient (Wildman–Crippen LogP) is 4.57. The first-order chi connectivity index (χ1) is 13.6. The predicted molar refractivity (Wildman–Crippen MR) is 107 cm³/mol. The normalized spacial score (nSPS) is 11.1. The van der Waals surface area contributed by atoms with Gasteiger partial charge in [0.25, 0.3) is 5.91 Å². The number of amides is 2. The van der Waals surface area contributed by atoms with Crippen molar-refractivity contribution in [2.24, 2.45) is 0 Å². The third-order valence-electron chi connectivity index (χ3n) is 4.07. The highest BCUT2D eigenvalue weighted by atomic mass is 35.5. The Balaban J connectivity index is 1.89. The highest BCUT2D eigenvalue weighted by Crippen LogP contribution is 2.37. The van der Waals surface area contributed by atoms with Gasteiger partial charge in [-0.05, 0) is 48.9 Å². The fourth-order valence-electron chi connectivity index (χ4n) is 2.52. The molecule has 5 nitrogen and oxygen atoms in total. The van der Waals surface area contributed by atoms with Gasteiger partial charge >= 0.3 is 6.18 Å². The van der Waals surface area contributed by atoms with Crippen molar-refractivity contribution in [3.8, 4) is 0 Å². The lowest BCUT2D eigenvalue weighted by molar-refractivity contribution is -0.136. The van der Waals surface area contributed by atoms with E-state index in [1.54, 1.807) is 43.3 Å². The molecule has 2 aromatic rings. The fraction of sp³-hybridized carbons (Fsp3) is 0.300. The first kappa shape index (κ1) is 22.5. The summed E-state index contributed by atoms with van der Waals surface area (Å²) < 4.78 is 39.9. The molecule has 0 fully saturated rings. The lowest BCUT2D eigenvalue weighted by Gasteiger charge is -2.18.